The van der Waals surface area contributed by atoms with Gasteiger partial charge in [0, 0.05) is 13.1 Å². The van der Waals surface area contributed by atoms with Gasteiger partial charge in [-0.2, -0.15) is 5.26 Å². The highest BCUT2D eigenvalue weighted by Gasteiger charge is 2.32. The molecule has 0 radical (unpaired) electrons. The van der Waals surface area contributed by atoms with Gasteiger partial charge in [0.15, 0.2) is 0 Å². The molecule has 0 saturated carbocycles. The van der Waals surface area contributed by atoms with E-state index in [9.17, 15) is 4.79 Å². The van der Waals surface area contributed by atoms with Crippen LogP contribution in [0.25, 0.3) is 0 Å². The number of nitrogens with zero attached hydrogens (tertiary/aromatic N) is 2. The first kappa shape index (κ1) is 10.8. The lowest BCUT2D eigenvalue weighted by molar-refractivity contribution is 0.0853. The fourth-order valence-electron chi connectivity index (χ4n) is 1.51. The third kappa shape index (κ3) is 2.38. The second-order valence-electron chi connectivity index (χ2n) is 3.86. The van der Waals surface area contributed by atoms with Gasteiger partial charge in [0.25, 0.3) is 0 Å². The van der Waals surface area contributed by atoms with Crippen LogP contribution in [0, 0.1) is 16.7 Å². The number of piperidine rings is 1. The van der Waals surface area contributed by atoms with Gasteiger partial charge in [-0.3, -0.25) is 0 Å². The Balaban J connectivity index is 2.44. The van der Waals surface area contributed by atoms with Crippen LogP contribution in [0.3, 0.4) is 0 Å². The lowest BCUT2D eigenvalue weighted by atomic mass is 9.82. The monoisotopic (exact) mass is 196 g/mol. The fraction of sp³-hybridized carbons (Fsp3) is 0.800. The number of amides is 1. The Hall–Kier alpha value is -1.24. The van der Waals surface area contributed by atoms with Gasteiger partial charge in [0.1, 0.15) is 0 Å². The molecule has 0 spiro atoms. The van der Waals surface area contributed by atoms with Crippen molar-refractivity contribution in [3.63, 3.8) is 0 Å². The first-order valence-corrected chi connectivity index (χ1v) is 4.94. The maximum atomic E-state index is 11.3. The third-order valence-corrected chi connectivity index (χ3v) is 2.66. The Labute approximate surface area is 84.4 Å². The standard InChI is InChI=1S/C10H16N2O2/c1-3-14-9(13)12-6-4-10(2,8-11)5-7-12/h3-7H2,1-2H3. The minimum absolute atomic E-state index is 0.257. The van der Waals surface area contributed by atoms with Crippen LogP contribution in [0.5, 0.6) is 0 Å². The molecule has 0 unspecified atom stereocenters. The Morgan fingerprint density at radius 3 is 2.57 bits per heavy atom. The Morgan fingerprint density at radius 1 is 1.57 bits per heavy atom. The number of likely N-dealkylation sites (tertiary alicyclic amines) is 1. The molecule has 0 aromatic carbocycles. The van der Waals surface area contributed by atoms with Crippen LogP contribution in [-0.4, -0.2) is 30.7 Å². The molecule has 0 atom stereocenters. The summed E-state index contributed by atoms with van der Waals surface area (Å²) in [5, 5.41) is 8.89. The zero-order chi connectivity index (χ0) is 10.6. The quantitative estimate of drug-likeness (QED) is 0.642. The van der Waals surface area contributed by atoms with Crippen molar-refractivity contribution in [3.8, 4) is 6.07 Å². The molecule has 4 nitrogen and oxygen atoms in total. The lowest BCUT2D eigenvalue weighted by Gasteiger charge is -2.34. The summed E-state index contributed by atoms with van der Waals surface area (Å²) in [4.78, 5) is 13.0. The first-order chi connectivity index (χ1) is 6.61. The van der Waals surface area contributed by atoms with E-state index in [0.29, 0.717) is 19.7 Å². The summed E-state index contributed by atoms with van der Waals surface area (Å²) in [6.45, 7) is 5.40. The molecule has 0 aromatic rings. The van der Waals surface area contributed by atoms with Crippen molar-refractivity contribution >= 4 is 6.09 Å². The highest BCUT2D eigenvalue weighted by atomic mass is 16.6. The second-order valence-corrected chi connectivity index (χ2v) is 3.86. The van der Waals surface area contributed by atoms with Gasteiger partial charge in [-0.05, 0) is 26.7 Å². The summed E-state index contributed by atoms with van der Waals surface area (Å²) in [6, 6.07) is 2.29. The Kier molecular flexibility index (Phi) is 3.34. The zero-order valence-electron chi connectivity index (χ0n) is 8.75. The van der Waals surface area contributed by atoms with Crippen molar-refractivity contribution in [2.24, 2.45) is 5.41 Å². The van der Waals surface area contributed by atoms with Crippen molar-refractivity contribution in [2.45, 2.75) is 26.7 Å². The van der Waals surface area contributed by atoms with Crippen LogP contribution < -0.4 is 0 Å². The molecule has 0 bridgehead atoms. The smallest absolute Gasteiger partial charge is 0.409 e. The first-order valence-electron chi connectivity index (χ1n) is 4.94. The molecule has 1 aliphatic heterocycles. The molecular formula is C10H16N2O2. The molecule has 4 heteroatoms. The Bertz CT molecular complexity index is 249. The highest BCUT2D eigenvalue weighted by Crippen LogP contribution is 2.29. The van der Waals surface area contributed by atoms with E-state index in [1.54, 1.807) is 11.8 Å². The molecule has 0 N–H and O–H groups in total. The molecule has 0 aromatic heterocycles. The highest BCUT2D eigenvalue weighted by molar-refractivity contribution is 5.67. The maximum Gasteiger partial charge on any atom is 0.409 e. The number of rotatable bonds is 1. The molecule has 1 rings (SSSR count). The van der Waals surface area contributed by atoms with Gasteiger partial charge >= 0.3 is 6.09 Å². The van der Waals surface area contributed by atoms with E-state index in [1.165, 1.54) is 0 Å². The number of ether oxygens (including phenoxy) is 1. The van der Waals surface area contributed by atoms with Crippen LogP contribution >= 0.6 is 0 Å². The Morgan fingerprint density at radius 2 is 2.14 bits per heavy atom. The summed E-state index contributed by atoms with van der Waals surface area (Å²) in [5.41, 5.74) is -0.261. The van der Waals surface area contributed by atoms with E-state index in [0.717, 1.165) is 12.8 Å². The van der Waals surface area contributed by atoms with Crippen LogP contribution in [0.1, 0.15) is 26.7 Å². The summed E-state index contributed by atoms with van der Waals surface area (Å²) in [7, 11) is 0. The van der Waals surface area contributed by atoms with Crippen molar-refractivity contribution in [1.82, 2.24) is 4.90 Å². The second kappa shape index (κ2) is 4.32. The van der Waals surface area contributed by atoms with Crippen molar-refractivity contribution in [3.05, 3.63) is 0 Å². The van der Waals surface area contributed by atoms with E-state index in [4.69, 9.17) is 10.00 Å². The van der Waals surface area contributed by atoms with Gasteiger partial charge in [0.05, 0.1) is 18.1 Å². The largest absolute Gasteiger partial charge is 0.450 e. The van der Waals surface area contributed by atoms with Gasteiger partial charge < -0.3 is 9.64 Å². The van der Waals surface area contributed by atoms with E-state index in [1.807, 2.05) is 6.92 Å². The third-order valence-electron chi connectivity index (χ3n) is 2.66. The molecule has 1 amide bonds. The predicted molar refractivity (Wildman–Crippen MR) is 51.5 cm³/mol. The normalized spacial score (nSPS) is 19.9. The SMILES string of the molecule is CCOC(=O)N1CCC(C)(C#N)CC1. The van der Waals surface area contributed by atoms with Crippen molar-refractivity contribution < 1.29 is 9.53 Å². The fourth-order valence-corrected chi connectivity index (χ4v) is 1.51. The topological polar surface area (TPSA) is 53.3 Å². The molecule has 14 heavy (non-hydrogen) atoms. The minimum Gasteiger partial charge on any atom is -0.450 e. The zero-order valence-corrected chi connectivity index (χ0v) is 8.75. The van der Waals surface area contributed by atoms with E-state index >= 15 is 0 Å². The van der Waals surface area contributed by atoms with Crippen molar-refractivity contribution in [2.75, 3.05) is 19.7 Å². The maximum absolute atomic E-state index is 11.3. The number of hydrogen-bond donors (Lipinski definition) is 0. The summed E-state index contributed by atoms with van der Waals surface area (Å²) in [5.74, 6) is 0. The molecule has 1 fully saturated rings. The van der Waals surface area contributed by atoms with E-state index < -0.39 is 0 Å². The number of nitriles is 1. The minimum atomic E-state index is -0.261. The summed E-state index contributed by atoms with van der Waals surface area (Å²) >= 11 is 0. The molecule has 1 aliphatic rings. The van der Waals surface area contributed by atoms with E-state index in [2.05, 4.69) is 6.07 Å². The summed E-state index contributed by atoms with van der Waals surface area (Å²) < 4.78 is 4.89. The van der Waals surface area contributed by atoms with Crippen LogP contribution in [-0.2, 0) is 4.74 Å². The predicted octanol–water partition coefficient (Wildman–Crippen LogP) is 1.77. The number of carbonyl (C=O) groups excluding carboxylic acids is 1. The van der Waals surface area contributed by atoms with Crippen LogP contribution in [0.2, 0.25) is 0 Å². The molecule has 1 saturated heterocycles. The number of hydrogen-bond acceptors (Lipinski definition) is 3. The van der Waals surface area contributed by atoms with Gasteiger partial charge in [0.2, 0.25) is 0 Å². The molecule has 0 aliphatic carbocycles. The lowest BCUT2D eigenvalue weighted by Crippen LogP contribution is -2.41. The van der Waals surface area contributed by atoms with Gasteiger partial charge in [-0.1, -0.05) is 0 Å². The average Bonchev–Trinajstić information content (AvgIpc) is 2.19. The van der Waals surface area contributed by atoms with Crippen molar-refractivity contribution in [1.29, 1.82) is 5.26 Å². The average molecular weight is 196 g/mol. The molecular weight excluding hydrogens is 180 g/mol. The number of carbonyl (C=O) groups is 1. The summed E-state index contributed by atoms with van der Waals surface area (Å²) in [6.07, 6.45) is 1.22. The van der Waals surface area contributed by atoms with Gasteiger partial charge in [-0.25, -0.2) is 4.79 Å². The van der Waals surface area contributed by atoms with Gasteiger partial charge in [-0.15, -0.1) is 0 Å². The van der Waals surface area contributed by atoms with Crippen LogP contribution in [0.15, 0.2) is 0 Å². The molecule has 78 valence electrons. The van der Waals surface area contributed by atoms with E-state index in [-0.39, 0.29) is 11.5 Å². The van der Waals surface area contributed by atoms with Crippen LogP contribution in [0.4, 0.5) is 4.79 Å². The molecule has 1 heterocycles.